The number of nitriles is 1. The Balaban J connectivity index is 1.97. The Morgan fingerprint density at radius 1 is 1.30 bits per heavy atom. The Hall–Kier alpha value is -2.55. The van der Waals surface area contributed by atoms with Crippen LogP contribution in [0.25, 0.3) is 0 Å². The van der Waals surface area contributed by atoms with Crippen LogP contribution in [0.2, 0.25) is 5.02 Å². The fraction of sp³-hybridized carbons (Fsp3) is 0.238. The van der Waals surface area contributed by atoms with Crippen molar-refractivity contribution in [2.24, 2.45) is 5.73 Å². The number of hydrogen-bond acceptors (Lipinski definition) is 5. The van der Waals surface area contributed by atoms with Gasteiger partial charge in [0.25, 0.3) is 0 Å². The Kier molecular flexibility index (Phi) is 4.55. The topological polar surface area (TPSA) is 70.1 Å². The Morgan fingerprint density at radius 3 is 2.78 bits per heavy atom. The van der Waals surface area contributed by atoms with Crippen molar-refractivity contribution in [2.45, 2.75) is 32.1 Å². The molecule has 0 bridgehead atoms. The average molecular weight is 396 g/mol. The van der Waals surface area contributed by atoms with E-state index in [1.807, 2.05) is 42.2 Å². The molecule has 0 saturated carbocycles. The molecule has 1 unspecified atom stereocenters. The van der Waals surface area contributed by atoms with Crippen molar-refractivity contribution in [3.8, 4) is 6.07 Å². The van der Waals surface area contributed by atoms with E-state index in [1.54, 1.807) is 17.4 Å². The molecule has 0 fully saturated rings. The minimum absolute atomic E-state index is 0.0968. The number of rotatable bonds is 2. The molecule has 1 aliphatic carbocycles. The maximum Gasteiger partial charge on any atom is 0.161 e. The molecule has 2 heterocycles. The summed E-state index contributed by atoms with van der Waals surface area (Å²) >= 11 is 7.79. The van der Waals surface area contributed by atoms with E-state index in [-0.39, 0.29) is 11.7 Å². The number of anilines is 1. The van der Waals surface area contributed by atoms with E-state index >= 15 is 0 Å². The molecule has 2 aromatic rings. The summed E-state index contributed by atoms with van der Waals surface area (Å²) in [5.74, 6) is 0.0933. The molecular formula is C21H18ClN3OS. The zero-order valence-corrected chi connectivity index (χ0v) is 16.4. The molecular weight excluding hydrogens is 378 g/mol. The molecule has 1 aliphatic heterocycles. The summed E-state index contributed by atoms with van der Waals surface area (Å²) in [6, 6.07) is 13.6. The number of ketones is 1. The van der Waals surface area contributed by atoms with Gasteiger partial charge in [-0.1, -0.05) is 17.7 Å². The second-order valence-corrected chi connectivity index (χ2v) is 8.50. The Bertz CT molecular complexity index is 1040. The van der Waals surface area contributed by atoms with Gasteiger partial charge in [-0.25, -0.2) is 0 Å². The van der Waals surface area contributed by atoms with E-state index in [9.17, 15) is 10.1 Å². The van der Waals surface area contributed by atoms with Crippen LogP contribution in [0.1, 0.15) is 34.9 Å². The summed E-state index contributed by atoms with van der Waals surface area (Å²) in [7, 11) is 0. The van der Waals surface area contributed by atoms with Crippen molar-refractivity contribution < 1.29 is 4.79 Å². The van der Waals surface area contributed by atoms with Crippen LogP contribution in [0, 0.1) is 18.3 Å². The number of hydrogen-bond donors (Lipinski definition) is 1. The van der Waals surface area contributed by atoms with Gasteiger partial charge >= 0.3 is 0 Å². The van der Waals surface area contributed by atoms with Crippen LogP contribution in [0.4, 0.5) is 5.69 Å². The fourth-order valence-corrected chi connectivity index (χ4v) is 5.07. The van der Waals surface area contributed by atoms with Gasteiger partial charge < -0.3 is 5.73 Å². The number of allylic oxidation sites excluding steroid dienone is 3. The minimum atomic E-state index is -0.382. The average Bonchev–Trinajstić information content (AvgIpc) is 3.07. The molecule has 136 valence electrons. The number of benzene rings is 1. The van der Waals surface area contributed by atoms with Crippen LogP contribution in [0.3, 0.4) is 0 Å². The third-order valence-electron chi connectivity index (χ3n) is 5.03. The van der Waals surface area contributed by atoms with Crippen LogP contribution in [0.5, 0.6) is 0 Å². The van der Waals surface area contributed by atoms with Gasteiger partial charge in [0.15, 0.2) is 5.78 Å². The third kappa shape index (κ3) is 2.95. The van der Waals surface area contributed by atoms with Crippen molar-refractivity contribution in [3.05, 3.63) is 73.8 Å². The summed E-state index contributed by atoms with van der Waals surface area (Å²) in [6.45, 7) is 2.02. The summed E-state index contributed by atoms with van der Waals surface area (Å²) in [5.41, 5.74) is 9.29. The molecule has 1 atom stereocenters. The molecule has 2 aliphatic rings. The molecule has 0 amide bonds. The first kappa shape index (κ1) is 17.8. The lowest BCUT2D eigenvalue weighted by molar-refractivity contribution is -0.116. The van der Waals surface area contributed by atoms with E-state index in [1.165, 1.54) is 0 Å². The van der Waals surface area contributed by atoms with E-state index in [0.717, 1.165) is 34.0 Å². The van der Waals surface area contributed by atoms with Gasteiger partial charge in [-0.05, 0) is 50.1 Å². The predicted octanol–water partition coefficient (Wildman–Crippen LogP) is 5.01. The maximum absolute atomic E-state index is 13.0. The van der Waals surface area contributed by atoms with Gasteiger partial charge in [-0.2, -0.15) is 5.26 Å². The van der Waals surface area contributed by atoms with Gasteiger partial charge in [0.2, 0.25) is 0 Å². The SMILES string of the molecule is Cc1ccc(C2C(C#N)=C(N)N(c3cccc(Cl)c3)C3=C2C(=O)CCC3)s1. The van der Waals surface area contributed by atoms with Crippen LogP contribution in [-0.4, -0.2) is 5.78 Å². The first-order valence-corrected chi connectivity index (χ1v) is 9.98. The van der Waals surface area contributed by atoms with Gasteiger partial charge in [-0.15, -0.1) is 11.3 Å². The smallest absolute Gasteiger partial charge is 0.161 e. The van der Waals surface area contributed by atoms with Gasteiger partial charge in [0.1, 0.15) is 5.82 Å². The van der Waals surface area contributed by atoms with E-state index in [4.69, 9.17) is 17.3 Å². The number of carbonyl (C=O) groups excluding carboxylic acids is 1. The Labute approximate surface area is 167 Å². The van der Waals surface area contributed by atoms with Crippen molar-refractivity contribution in [2.75, 3.05) is 4.90 Å². The molecule has 0 radical (unpaired) electrons. The number of halogens is 1. The van der Waals surface area contributed by atoms with Gasteiger partial charge in [0.05, 0.1) is 17.6 Å². The maximum atomic E-state index is 13.0. The fourth-order valence-electron chi connectivity index (χ4n) is 3.89. The highest BCUT2D eigenvalue weighted by atomic mass is 35.5. The zero-order valence-electron chi connectivity index (χ0n) is 14.8. The normalized spacial score (nSPS) is 20.0. The van der Waals surface area contributed by atoms with E-state index < -0.39 is 0 Å². The van der Waals surface area contributed by atoms with Gasteiger partial charge in [0, 0.05) is 38.2 Å². The highest BCUT2D eigenvalue weighted by Gasteiger charge is 2.40. The third-order valence-corrected chi connectivity index (χ3v) is 6.33. The lowest BCUT2D eigenvalue weighted by Crippen LogP contribution is -2.38. The monoisotopic (exact) mass is 395 g/mol. The second kappa shape index (κ2) is 6.88. The van der Waals surface area contributed by atoms with Crippen LogP contribution in [0.15, 0.2) is 59.1 Å². The lowest BCUT2D eigenvalue weighted by Gasteiger charge is -2.39. The summed E-state index contributed by atoms with van der Waals surface area (Å²) in [4.78, 5) is 16.9. The summed E-state index contributed by atoms with van der Waals surface area (Å²) in [5, 5.41) is 10.5. The molecule has 4 rings (SSSR count). The van der Waals surface area contributed by atoms with Crippen molar-refractivity contribution in [3.63, 3.8) is 0 Å². The zero-order chi connectivity index (χ0) is 19.1. The highest BCUT2D eigenvalue weighted by Crippen LogP contribution is 2.47. The van der Waals surface area contributed by atoms with E-state index in [2.05, 4.69) is 6.07 Å². The lowest BCUT2D eigenvalue weighted by atomic mass is 9.78. The van der Waals surface area contributed by atoms with Crippen LogP contribution < -0.4 is 10.6 Å². The van der Waals surface area contributed by atoms with Crippen molar-refractivity contribution in [1.82, 2.24) is 0 Å². The molecule has 4 nitrogen and oxygen atoms in total. The number of aryl methyl sites for hydroxylation is 1. The van der Waals surface area contributed by atoms with Crippen LogP contribution in [-0.2, 0) is 4.79 Å². The first-order valence-electron chi connectivity index (χ1n) is 8.79. The predicted molar refractivity (Wildman–Crippen MR) is 108 cm³/mol. The second-order valence-electron chi connectivity index (χ2n) is 6.74. The standard InChI is InChI=1S/C21H18ClN3OS/c1-12-8-9-18(27-12)19-15(11-23)21(24)25(14-5-2-4-13(22)10-14)16-6-3-7-17(26)20(16)19/h2,4-5,8-10,19H,3,6-7,24H2,1H3. The minimum Gasteiger partial charge on any atom is -0.384 e. The highest BCUT2D eigenvalue weighted by molar-refractivity contribution is 7.12. The number of Topliss-reactive ketones (excluding diaryl/α,β-unsaturated/α-hetero) is 1. The molecule has 27 heavy (non-hydrogen) atoms. The molecule has 0 spiro atoms. The molecule has 1 aromatic heterocycles. The quantitative estimate of drug-likeness (QED) is 0.775. The van der Waals surface area contributed by atoms with Gasteiger partial charge in [-0.3, -0.25) is 9.69 Å². The van der Waals surface area contributed by atoms with E-state index in [0.29, 0.717) is 28.4 Å². The number of thiophene rings is 1. The first-order chi connectivity index (χ1) is 13.0. The van der Waals surface area contributed by atoms with Crippen molar-refractivity contribution >= 4 is 34.4 Å². The largest absolute Gasteiger partial charge is 0.384 e. The molecule has 1 aromatic carbocycles. The van der Waals surface area contributed by atoms with Crippen molar-refractivity contribution in [1.29, 1.82) is 5.26 Å². The number of nitrogens with zero attached hydrogens (tertiary/aromatic N) is 2. The Morgan fingerprint density at radius 2 is 2.11 bits per heavy atom. The number of carbonyl (C=O) groups is 1. The van der Waals surface area contributed by atoms with Crippen LogP contribution >= 0.6 is 22.9 Å². The molecule has 6 heteroatoms. The molecule has 0 saturated heterocycles. The number of nitrogens with two attached hydrogens (primary N) is 1. The summed E-state index contributed by atoms with van der Waals surface area (Å²) in [6.07, 6.45) is 2.02. The summed E-state index contributed by atoms with van der Waals surface area (Å²) < 4.78 is 0. The molecule has 2 N–H and O–H groups in total.